The van der Waals surface area contributed by atoms with Gasteiger partial charge in [-0.1, -0.05) is 6.07 Å². The molecule has 2 fully saturated rings. The molecule has 2 N–H and O–H groups in total. The Kier molecular flexibility index (Phi) is 4.11. The summed E-state index contributed by atoms with van der Waals surface area (Å²) in [6.45, 7) is 0. The van der Waals surface area contributed by atoms with Gasteiger partial charge >= 0.3 is 6.03 Å². The zero-order chi connectivity index (χ0) is 18.3. The maximum Gasteiger partial charge on any atom is 0.322 e. The fourth-order valence-electron chi connectivity index (χ4n) is 4.20. The number of pyridine rings is 1. The predicted molar refractivity (Wildman–Crippen MR) is 91.4 cm³/mol. The summed E-state index contributed by atoms with van der Waals surface area (Å²) in [7, 11) is 0. The first-order chi connectivity index (χ1) is 12.5. The summed E-state index contributed by atoms with van der Waals surface area (Å²) >= 11 is 0. The van der Waals surface area contributed by atoms with Crippen LogP contribution in [0.25, 0.3) is 0 Å². The number of urea groups is 1. The van der Waals surface area contributed by atoms with Crippen molar-refractivity contribution in [3.8, 4) is 0 Å². The van der Waals surface area contributed by atoms with Gasteiger partial charge in [-0.25, -0.2) is 13.6 Å². The highest BCUT2D eigenvalue weighted by Gasteiger charge is 2.50. The molecular formula is C19H19F2N3O2. The van der Waals surface area contributed by atoms with E-state index >= 15 is 0 Å². The van der Waals surface area contributed by atoms with Crippen LogP contribution in [-0.4, -0.2) is 33.1 Å². The molecule has 2 bridgehead atoms. The standard InChI is InChI=1S/C19H19F2N3O2/c20-13-3-6-17(16(21)8-13)23-18(25)24-14-4-5-15(24)10-19(26,9-14)12-2-1-7-22-11-12/h1-3,6-8,11,14-15,26H,4-5,9-10H2,(H,23,25)/t14-,15-/m1/s1. The molecule has 2 aliphatic heterocycles. The number of carbonyl (C=O) groups is 1. The van der Waals surface area contributed by atoms with E-state index in [0.717, 1.165) is 30.5 Å². The topological polar surface area (TPSA) is 65.5 Å². The molecule has 0 unspecified atom stereocenters. The van der Waals surface area contributed by atoms with E-state index in [4.69, 9.17) is 0 Å². The number of halogens is 2. The molecular weight excluding hydrogens is 340 g/mol. The van der Waals surface area contributed by atoms with E-state index in [1.807, 2.05) is 6.07 Å². The summed E-state index contributed by atoms with van der Waals surface area (Å²) < 4.78 is 26.8. The molecule has 0 spiro atoms. The van der Waals surface area contributed by atoms with Gasteiger partial charge in [-0.2, -0.15) is 0 Å². The molecule has 136 valence electrons. The van der Waals surface area contributed by atoms with Gasteiger partial charge in [0.05, 0.1) is 11.3 Å². The van der Waals surface area contributed by atoms with Gasteiger partial charge in [0.25, 0.3) is 0 Å². The molecule has 1 aromatic heterocycles. The first-order valence-electron chi connectivity index (χ1n) is 8.63. The molecule has 7 heteroatoms. The Bertz CT molecular complexity index is 817. The van der Waals surface area contributed by atoms with E-state index in [-0.39, 0.29) is 17.8 Å². The van der Waals surface area contributed by atoms with Gasteiger partial charge in [-0.3, -0.25) is 4.98 Å². The van der Waals surface area contributed by atoms with E-state index in [2.05, 4.69) is 10.3 Å². The third-order valence-electron chi connectivity index (χ3n) is 5.37. The highest BCUT2D eigenvalue weighted by Crippen LogP contribution is 2.45. The summed E-state index contributed by atoms with van der Waals surface area (Å²) in [5.74, 6) is -1.50. The Morgan fingerprint density at radius 1 is 1.23 bits per heavy atom. The quantitative estimate of drug-likeness (QED) is 0.864. The van der Waals surface area contributed by atoms with Crippen molar-refractivity contribution in [1.29, 1.82) is 0 Å². The van der Waals surface area contributed by atoms with Gasteiger partial charge in [0, 0.05) is 48.9 Å². The molecule has 3 heterocycles. The highest BCUT2D eigenvalue weighted by molar-refractivity contribution is 5.90. The summed E-state index contributed by atoms with van der Waals surface area (Å²) in [6, 6.07) is 5.98. The monoisotopic (exact) mass is 359 g/mol. The van der Waals surface area contributed by atoms with Crippen molar-refractivity contribution >= 4 is 11.7 Å². The summed E-state index contributed by atoms with van der Waals surface area (Å²) in [4.78, 5) is 18.4. The molecule has 2 amide bonds. The van der Waals surface area contributed by atoms with Crippen LogP contribution in [0.2, 0.25) is 0 Å². The maximum absolute atomic E-state index is 13.8. The molecule has 5 nitrogen and oxygen atoms in total. The van der Waals surface area contributed by atoms with Gasteiger partial charge in [0.15, 0.2) is 0 Å². The lowest BCUT2D eigenvalue weighted by Gasteiger charge is -2.43. The first-order valence-corrected chi connectivity index (χ1v) is 8.63. The lowest BCUT2D eigenvalue weighted by Crippen LogP contribution is -2.53. The van der Waals surface area contributed by atoms with Gasteiger partial charge < -0.3 is 15.3 Å². The van der Waals surface area contributed by atoms with Crippen molar-refractivity contribution in [3.63, 3.8) is 0 Å². The maximum atomic E-state index is 13.8. The number of nitrogens with one attached hydrogen (secondary N) is 1. The van der Waals surface area contributed by atoms with Crippen molar-refractivity contribution in [3.05, 3.63) is 59.9 Å². The first kappa shape index (κ1) is 16.9. The average molecular weight is 359 g/mol. The number of aromatic nitrogens is 1. The Balaban J connectivity index is 1.52. The van der Waals surface area contributed by atoms with Crippen molar-refractivity contribution in [2.45, 2.75) is 43.4 Å². The molecule has 1 aromatic carbocycles. The zero-order valence-corrected chi connectivity index (χ0v) is 14.0. The lowest BCUT2D eigenvalue weighted by atomic mass is 9.81. The number of benzene rings is 1. The summed E-state index contributed by atoms with van der Waals surface area (Å²) in [5, 5.41) is 13.6. The Morgan fingerprint density at radius 3 is 2.58 bits per heavy atom. The fraction of sp³-hybridized carbons (Fsp3) is 0.368. The van der Waals surface area contributed by atoms with E-state index in [1.165, 1.54) is 6.07 Å². The van der Waals surface area contributed by atoms with E-state index in [9.17, 15) is 18.7 Å². The zero-order valence-electron chi connectivity index (χ0n) is 14.0. The normalized spacial score (nSPS) is 27.4. The lowest BCUT2D eigenvalue weighted by molar-refractivity contribution is -0.0425. The van der Waals surface area contributed by atoms with Crippen molar-refractivity contribution in [2.75, 3.05) is 5.32 Å². The second kappa shape index (κ2) is 6.32. The second-order valence-corrected chi connectivity index (χ2v) is 7.03. The number of piperidine rings is 1. The Morgan fingerprint density at radius 2 is 1.96 bits per heavy atom. The van der Waals surface area contributed by atoms with E-state index in [0.29, 0.717) is 12.8 Å². The SMILES string of the molecule is O=C(Nc1ccc(F)cc1F)N1[C@@H]2CC[C@@H]1CC(O)(c1cccnc1)C2. The number of rotatable bonds is 2. The number of aliphatic hydroxyl groups is 1. The Hall–Kier alpha value is -2.54. The average Bonchev–Trinajstić information content (AvgIpc) is 2.90. The van der Waals surface area contributed by atoms with Crippen LogP contribution >= 0.6 is 0 Å². The number of carbonyl (C=O) groups excluding carboxylic acids is 1. The number of nitrogens with zero attached hydrogens (tertiary/aromatic N) is 2. The molecule has 0 saturated carbocycles. The van der Waals surface area contributed by atoms with E-state index < -0.39 is 23.3 Å². The van der Waals surface area contributed by atoms with Crippen LogP contribution in [-0.2, 0) is 5.60 Å². The predicted octanol–water partition coefficient (Wildman–Crippen LogP) is 3.41. The number of hydrogen-bond donors (Lipinski definition) is 2. The van der Waals surface area contributed by atoms with Crippen LogP contribution in [0.5, 0.6) is 0 Å². The largest absolute Gasteiger partial charge is 0.385 e. The van der Waals surface area contributed by atoms with Crippen LogP contribution < -0.4 is 5.32 Å². The van der Waals surface area contributed by atoms with Crippen LogP contribution in [0.15, 0.2) is 42.7 Å². The van der Waals surface area contributed by atoms with Gasteiger partial charge in [0.2, 0.25) is 0 Å². The number of hydrogen-bond acceptors (Lipinski definition) is 3. The van der Waals surface area contributed by atoms with E-state index in [1.54, 1.807) is 23.4 Å². The molecule has 4 rings (SSSR count). The summed E-state index contributed by atoms with van der Waals surface area (Å²) in [5.41, 5.74) is -0.316. The van der Waals surface area contributed by atoms with Crippen LogP contribution in [0.4, 0.5) is 19.3 Å². The van der Waals surface area contributed by atoms with Gasteiger partial charge in [-0.15, -0.1) is 0 Å². The highest BCUT2D eigenvalue weighted by atomic mass is 19.1. The number of anilines is 1. The van der Waals surface area contributed by atoms with Crippen molar-refractivity contribution in [1.82, 2.24) is 9.88 Å². The Labute approximate surface area is 149 Å². The second-order valence-electron chi connectivity index (χ2n) is 7.03. The number of amides is 2. The summed E-state index contributed by atoms with van der Waals surface area (Å²) in [6.07, 6.45) is 5.70. The minimum Gasteiger partial charge on any atom is -0.385 e. The molecule has 2 saturated heterocycles. The molecule has 2 aliphatic rings. The van der Waals surface area contributed by atoms with Crippen molar-refractivity contribution in [2.24, 2.45) is 0 Å². The molecule has 26 heavy (non-hydrogen) atoms. The van der Waals surface area contributed by atoms with Crippen LogP contribution in [0.3, 0.4) is 0 Å². The van der Waals surface area contributed by atoms with Gasteiger partial charge in [-0.05, 0) is 31.0 Å². The van der Waals surface area contributed by atoms with Gasteiger partial charge in [0.1, 0.15) is 11.6 Å². The molecule has 2 atom stereocenters. The minimum atomic E-state index is -1.02. The smallest absolute Gasteiger partial charge is 0.322 e. The third kappa shape index (κ3) is 2.92. The molecule has 2 aromatic rings. The molecule has 0 radical (unpaired) electrons. The van der Waals surface area contributed by atoms with Crippen LogP contribution in [0.1, 0.15) is 31.2 Å². The van der Waals surface area contributed by atoms with Crippen LogP contribution in [0, 0.1) is 11.6 Å². The van der Waals surface area contributed by atoms with Crippen molar-refractivity contribution < 1.29 is 18.7 Å². The number of fused-ring (bicyclic) bond motifs is 2. The minimum absolute atomic E-state index is 0.0519. The molecule has 0 aliphatic carbocycles. The fourth-order valence-corrected chi connectivity index (χ4v) is 4.20. The third-order valence-corrected chi connectivity index (χ3v) is 5.37.